The second-order valence-corrected chi connectivity index (χ2v) is 15.3. The van der Waals surface area contributed by atoms with E-state index in [4.69, 9.17) is 14.2 Å². The monoisotopic (exact) mass is 732 g/mol. The van der Waals surface area contributed by atoms with E-state index in [0.29, 0.717) is 24.5 Å². The van der Waals surface area contributed by atoms with Gasteiger partial charge in [0.1, 0.15) is 11.3 Å². The van der Waals surface area contributed by atoms with E-state index in [0.717, 1.165) is 83.4 Å². The molecule has 0 aliphatic heterocycles. The first-order valence-corrected chi connectivity index (χ1v) is 20.4. The number of hydrogen-bond donors (Lipinski definition) is 1. The summed E-state index contributed by atoms with van der Waals surface area (Å²) in [5.74, 6) is 0.233. The number of hydrogen-bond acceptors (Lipinski definition) is 6. The second kappa shape index (κ2) is 20.1. The zero-order valence-electron chi connectivity index (χ0n) is 34.1. The number of ether oxygens (including phenoxy) is 3. The van der Waals surface area contributed by atoms with Gasteiger partial charge in [-0.05, 0) is 157 Å². The van der Waals surface area contributed by atoms with Gasteiger partial charge in [-0.25, -0.2) is 4.79 Å². The fraction of sp³-hybridized carbons (Fsp3) is 0.479. The van der Waals surface area contributed by atoms with Gasteiger partial charge in [0.2, 0.25) is 0 Å². The van der Waals surface area contributed by atoms with Crippen LogP contribution in [0.5, 0.6) is 5.75 Å². The molecule has 0 spiro atoms. The molecule has 0 aromatic heterocycles. The molecule has 4 aromatic rings. The lowest BCUT2D eigenvalue weighted by Crippen LogP contribution is -2.29. The van der Waals surface area contributed by atoms with E-state index in [2.05, 4.69) is 119 Å². The number of nitrogens with zero attached hydrogens (tertiary/aromatic N) is 1. The molecule has 4 aromatic carbocycles. The summed E-state index contributed by atoms with van der Waals surface area (Å²) in [6, 6.07) is 26.9. The Balaban J connectivity index is 1.51. The van der Waals surface area contributed by atoms with Crippen molar-refractivity contribution in [3.8, 4) is 16.9 Å². The van der Waals surface area contributed by atoms with Crippen LogP contribution in [0.2, 0.25) is 0 Å². The van der Waals surface area contributed by atoms with E-state index in [-0.39, 0.29) is 5.97 Å². The van der Waals surface area contributed by atoms with Gasteiger partial charge in [0.25, 0.3) is 0 Å². The smallest absolute Gasteiger partial charge is 0.341 e. The first-order chi connectivity index (χ1) is 26.2. The van der Waals surface area contributed by atoms with Crippen LogP contribution in [0.1, 0.15) is 114 Å². The van der Waals surface area contributed by atoms with Crippen LogP contribution < -0.4 is 10.1 Å². The van der Waals surface area contributed by atoms with Crippen LogP contribution in [0.25, 0.3) is 11.1 Å². The summed E-state index contributed by atoms with van der Waals surface area (Å²) in [5, 5.41) is 3.36. The summed E-state index contributed by atoms with van der Waals surface area (Å²) >= 11 is 0. The molecule has 0 unspecified atom stereocenters. The van der Waals surface area contributed by atoms with Crippen molar-refractivity contribution in [3.63, 3.8) is 0 Å². The van der Waals surface area contributed by atoms with Crippen LogP contribution in [-0.4, -0.2) is 71.0 Å². The van der Waals surface area contributed by atoms with E-state index in [9.17, 15) is 4.79 Å². The molecule has 0 radical (unpaired) electrons. The number of esters is 1. The summed E-state index contributed by atoms with van der Waals surface area (Å²) in [6.45, 7) is 16.2. The number of carbonyl (C=O) groups is 1. The Hall–Kier alpha value is -3.97. The third-order valence-corrected chi connectivity index (χ3v) is 10.8. The quantitative estimate of drug-likeness (QED) is 0.0565. The Morgan fingerprint density at radius 1 is 0.704 bits per heavy atom. The van der Waals surface area contributed by atoms with Gasteiger partial charge in [0, 0.05) is 13.2 Å². The number of unbranched alkanes of at least 4 members (excludes halogenated alkanes) is 4. The molecule has 6 nitrogen and oxygen atoms in total. The van der Waals surface area contributed by atoms with Gasteiger partial charge in [-0.3, -0.25) is 0 Å². The molecule has 0 amide bonds. The highest BCUT2D eigenvalue weighted by atomic mass is 16.5. The molecule has 0 fully saturated rings. The summed E-state index contributed by atoms with van der Waals surface area (Å²) in [6.07, 6.45) is 8.57. The minimum Gasteiger partial charge on any atom is -0.493 e. The normalized spacial score (nSPS) is 12.9. The van der Waals surface area contributed by atoms with E-state index in [1.807, 2.05) is 13.0 Å². The molecule has 0 saturated carbocycles. The number of nitrogens with one attached hydrogen (secondary N) is 1. The standard InChI is InChI=1S/C48H64N2O4/c1-8-49-26-16-29-52-28-15-12-17-38-20-21-39(33-37(38)5)48(44-31-35(3)18-23-41(44)42-24-19-36(4)32-45(42)48)40-22-25-46(43(34-40)47(51)53-9-2)54-30-14-11-10-13-27-50(6)7/h18-25,31-34,49H,8-17,26-30H2,1-7H3. The summed E-state index contributed by atoms with van der Waals surface area (Å²) in [4.78, 5) is 15.9. The first-order valence-electron chi connectivity index (χ1n) is 20.4. The highest BCUT2D eigenvalue weighted by molar-refractivity contribution is 5.94. The molecular weight excluding hydrogens is 669 g/mol. The van der Waals surface area contributed by atoms with Gasteiger partial charge in [0.15, 0.2) is 0 Å². The molecule has 54 heavy (non-hydrogen) atoms. The molecule has 1 N–H and O–H groups in total. The van der Waals surface area contributed by atoms with Crippen molar-refractivity contribution in [1.29, 1.82) is 0 Å². The van der Waals surface area contributed by atoms with Crippen LogP contribution in [0.4, 0.5) is 0 Å². The van der Waals surface area contributed by atoms with Crippen molar-refractivity contribution in [2.24, 2.45) is 0 Å². The highest BCUT2D eigenvalue weighted by Crippen LogP contribution is 2.57. The number of rotatable bonds is 22. The van der Waals surface area contributed by atoms with E-state index in [1.165, 1.54) is 56.5 Å². The van der Waals surface area contributed by atoms with Crippen molar-refractivity contribution < 1.29 is 19.0 Å². The molecule has 0 atom stereocenters. The lowest BCUT2D eigenvalue weighted by atomic mass is 9.66. The number of carbonyl (C=O) groups excluding carboxylic acids is 1. The fourth-order valence-corrected chi connectivity index (χ4v) is 7.97. The molecule has 1 aliphatic carbocycles. The number of benzene rings is 4. The van der Waals surface area contributed by atoms with Gasteiger partial charge in [-0.1, -0.05) is 91.6 Å². The van der Waals surface area contributed by atoms with Crippen LogP contribution in [0.3, 0.4) is 0 Å². The predicted octanol–water partition coefficient (Wildman–Crippen LogP) is 9.99. The molecule has 0 saturated heterocycles. The van der Waals surface area contributed by atoms with Crippen LogP contribution in [0.15, 0.2) is 72.8 Å². The third kappa shape index (κ3) is 9.82. The maximum atomic E-state index is 13.7. The lowest BCUT2D eigenvalue weighted by Gasteiger charge is -2.35. The summed E-state index contributed by atoms with van der Waals surface area (Å²) in [7, 11) is 4.23. The molecular formula is C48H64N2O4. The van der Waals surface area contributed by atoms with E-state index >= 15 is 0 Å². The van der Waals surface area contributed by atoms with Crippen molar-refractivity contribution in [1.82, 2.24) is 10.2 Å². The number of fused-ring (bicyclic) bond motifs is 3. The maximum absolute atomic E-state index is 13.7. The Kier molecular flexibility index (Phi) is 15.3. The van der Waals surface area contributed by atoms with Crippen LogP contribution in [-0.2, 0) is 21.3 Å². The fourth-order valence-electron chi connectivity index (χ4n) is 7.97. The Morgan fingerprint density at radius 3 is 2.02 bits per heavy atom. The third-order valence-electron chi connectivity index (χ3n) is 10.8. The minimum absolute atomic E-state index is 0.298. The molecule has 0 bridgehead atoms. The van der Waals surface area contributed by atoms with Crippen molar-refractivity contribution >= 4 is 5.97 Å². The SMILES string of the molecule is CCNCCCOCCCCc1ccc(C2(c3ccc(OCCCCCCN(C)C)c(C(=O)OCC)c3)c3cc(C)ccc3-c3ccc(C)cc32)cc1C. The van der Waals surface area contributed by atoms with Gasteiger partial charge in [0.05, 0.1) is 18.6 Å². The Labute approximate surface area is 325 Å². The highest BCUT2D eigenvalue weighted by Gasteiger charge is 2.47. The van der Waals surface area contributed by atoms with Gasteiger partial charge >= 0.3 is 5.97 Å². The predicted molar refractivity (Wildman–Crippen MR) is 223 cm³/mol. The Bertz CT molecular complexity index is 1780. The largest absolute Gasteiger partial charge is 0.493 e. The van der Waals surface area contributed by atoms with Crippen molar-refractivity contribution in [3.05, 3.63) is 123 Å². The van der Waals surface area contributed by atoms with Crippen LogP contribution in [0, 0.1) is 20.8 Å². The average Bonchev–Trinajstić information content (AvgIpc) is 3.43. The molecule has 1 aliphatic rings. The van der Waals surface area contributed by atoms with E-state index in [1.54, 1.807) is 0 Å². The molecule has 5 rings (SSSR count). The summed E-state index contributed by atoms with van der Waals surface area (Å²) < 4.78 is 17.9. The minimum atomic E-state index is -0.640. The summed E-state index contributed by atoms with van der Waals surface area (Å²) in [5.41, 5.74) is 12.1. The number of aryl methyl sites for hydroxylation is 4. The maximum Gasteiger partial charge on any atom is 0.341 e. The lowest BCUT2D eigenvalue weighted by molar-refractivity contribution is 0.0521. The van der Waals surface area contributed by atoms with Gasteiger partial charge < -0.3 is 24.4 Å². The second-order valence-electron chi connectivity index (χ2n) is 15.3. The van der Waals surface area contributed by atoms with E-state index < -0.39 is 5.41 Å². The van der Waals surface area contributed by atoms with Crippen molar-refractivity contribution in [2.75, 3.05) is 60.2 Å². The Morgan fingerprint density at radius 2 is 1.35 bits per heavy atom. The first kappa shape index (κ1) is 41.2. The van der Waals surface area contributed by atoms with Crippen molar-refractivity contribution in [2.45, 2.75) is 91.4 Å². The average molecular weight is 733 g/mol. The topological polar surface area (TPSA) is 60.0 Å². The molecule has 0 heterocycles. The zero-order chi connectivity index (χ0) is 38.5. The van der Waals surface area contributed by atoms with Gasteiger partial charge in [-0.2, -0.15) is 0 Å². The van der Waals surface area contributed by atoms with Gasteiger partial charge in [-0.15, -0.1) is 0 Å². The molecule has 290 valence electrons. The molecule has 6 heteroatoms. The zero-order valence-corrected chi connectivity index (χ0v) is 34.1. The van der Waals surface area contributed by atoms with Crippen LogP contribution >= 0.6 is 0 Å².